The molecule has 7 heteroatoms. The van der Waals surface area contributed by atoms with Gasteiger partial charge in [-0.05, 0) is 83.3 Å². The van der Waals surface area contributed by atoms with Crippen LogP contribution in [-0.2, 0) is 32.1 Å². The van der Waals surface area contributed by atoms with Crippen molar-refractivity contribution in [2.24, 2.45) is 0 Å². The maximum atomic E-state index is 11.4. The Balaban J connectivity index is 1.37. The summed E-state index contributed by atoms with van der Waals surface area (Å²) < 4.78 is 18.0. The molecule has 4 aromatic rings. The minimum atomic E-state index is -0.826. The summed E-state index contributed by atoms with van der Waals surface area (Å²) in [6, 6.07) is 20.9. The molecule has 4 aromatic carbocycles. The molecule has 212 valence electrons. The van der Waals surface area contributed by atoms with Gasteiger partial charge in [0, 0.05) is 23.6 Å². The van der Waals surface area contributed by atoms with Crippen LogP contribution in [0.2, 0.25) is 0 Å². The van der Waals surface area contributed by atoms with Crippen LogP contribution in [0, 0.1) is 0 Å². The molecule has 2 aliphatic rings. The van der Waals surface area contributed by atoms with Crippen molar-refractivity contribution in [1.29, 1.82) is 0 Å². The molecule has 1 aliphatic heterocycles. The molecule has 41 heavy (non-hydrogen) atoms. The highest BCUT2D eigenvalue weighted by Crippen LogP contribution is 2.49. The van der Waals surface area contributed by atoms with Gasteiger partial charge in [0.2, 0.25) is 0 Å². The Morgan fingerprint density at radius 3 is 2.51 bits per heavy atom. The zero-order valence-electron chi connectivity index (χ0n) is 23.0. The lowest BCUT2D eigenvalue weighted by Crippen LogP contribution is -2.31. The standard InChI is InChI=1S/C34H34O7/c1-39-31-17-23(15-22(33(31)38)8-7-20-5-3-2-4-6-20)34-28(37)18-27-26-11-9-21-16-24(36)10-12-25(21)32(26)30(40-14-13-35)19-29(27)41-34/h2-6,10,12,15-17,19,28,34-38H,7-9,11,13-14,18H2,1H3. The molecular weight excluding hydrogens is 520 g/mol. The molecule has 6 rings (SSSR count). The largest absolute Gasteiger partial charge is 0.508 e. The second-order valence-corrected chi connectivity index (χ2v) is 10.6. The van der Waals surface area contributed by atoms with E-state index in [2.05, 4.69) is 12.1 Å². The number of ether oxygens (including phenoxy) is 3. The molecule has 0 aromatic heterocycles. The van der Waals surface area contributed by atoms with Gasteiger partial charge in [0.1, 0.15) is 30.0 Å². The van der Waals surface area contributed by atoms with E-state index in [1.54, 1.807) is 18.2 Å². The first-order valence-electron chi connectivity index (χ1n) is 14.0. The topological polar surface area (TPSA) is 109 Å². The van der Waals surface area contributed by atoms with Crippen LogP contribution in [0.1, 0.15) is 39.5 Å². The van der Waals surface area contributed by atoms with E-state index in [4.69, 9.17) is 14.2 Å². The first-order valence-corrected chi connectivity index (χ1v) is 14.0. The summed E-state index contributed by atoms with van der Waals surface area (Å²) in [5.74, 6) is 1.88. The molecule has 0 saturated heterocycles. The van der Waals surface area contributed by atoms with Gasteiger partial charge >= 0.3 is 0 Å². The molecule has 0 spiro atoms. The monoisotopic (exact) mass is 554 g/mol. The number of fused-ring (bicyclic) bond motifs is 5. The predicted octanol–water partition coefficient (Wildman–Crippen LogP) is 5.07. The van der Waals surface area contributed by atoms with Crippen LogP contribution in [0.25, 0.3) is 11.1 Å². The Kier molecular flexibility index (Phi) is 7.47. The third-order valence-corrected chi connectivity index (χ3v) is 8.09. The van der Waals surface area contributed by atoms with Gasteiger partial charge in [-0.25, -0.2) is 0 Å². The zero-order chi connectivity index (χ0) is 28.5. The Morgan fingerprint density at radius 1 is 0.902 bits per heavy atom. The summed E-state index contributed by atoms with van der Waals surface area (Å²) in [5.41, 5.74) is 7.52. The van der Waals surface area contributed by atoms with E-state index in [1.165, 1.54) is 7.11 Å². The molecule has 1 heterocycles. The Morgan fingerprint density at radius 2 is 1.73 bits per heavy atom. The minimum Gasteiger partial charge on any atom is -0.508 e. The van der Waals surface area contributed by atoms with Gasteiger partial charge in [-0.2, -0.15) is 0 Å². The lowest BCUT2D eigenvalue weighted by molar-refractivity contribution is 0.0201. The summed E-state index contributed by atoms with van der Waals surface area (Å²) in [6.07, 6.45) is 1.68. The van der Waals surface area contributed by atoms with E-state index >= 15 is 0 Å². The van der Waals surface area contributed by atoms with E-state index in [0.717, 1.165) is 57.3 Å². The van der Waals surface area contributed by atoms with Crippen molar-refractivity contribution < 1.29 is 34.6 Å². The van der Waals surface area contributed by atoms with Crippen molar-refractivity contribution in [3.8, 4) is 39.9 Å². The van der Waals surface area contributed by atoms with E-state index in [1.807, 2.05) is 36.4 Å². The molecule has 0 saturated carbocycles. The average molecular weight is 555 g/mol. The molecule has 0 radical (unpaired) electrons. The van der Waals surface area contributed by atoms with Gasteiger partial charge in [-0.15, -0.1) is 0 Å². The lowest BCUT2D eigenvalue weighted by atomic mass is 9.79. The van der Waals surface area contributed by atoms with Crippen molar-refractivity contribution >= 4 is 0 Å². The summed E-state index contributed by atoms with van der Waals surface area (Å²) in [5, 5.41) is 41.8. The number of methoxy groups -OCH3 is 1. The van der Waals surface area contributed by atoms with E-state index in [-0.39, 0.29) is 24.7 Å². The van der Waals surface area contributed by atoms with Crippen molar-refractivity contribution in [1.82, 2.24) is 0 Å². The maximum Gasteiger partial charge on any atom is 0.161 e. The average Bonchev–Trinajstić information content (AvgIpc) is 2.99. The first-order chi connectivity index (χ1) is 20.0. The van der Waals surface area contributed by atoms with Crippen molar-refractivity contribution in [3.05, 3.63) is 100 Å². The molecular formula is C34H34O7. The van der Waals surface area contributed by atoms with Gasteiger partial charge in [0.15, 0.2) is 11.5 Å². The zero-order valence-corrected chi connectivity index (χ0v) is 23.0. The van der Waals surface area contributed by atoms with Crippen LogP contribution in [0.15, 0.2) is 66.7 Å². The second-order valence-electron chi connectivity index (χ2n) is 10.6. The Bertz CT molecular complexity index is 1560. The highest BCUT2D eigenvalue weighted by Gasteiger charge is 2.36. The number of aliphatic hydroxyl groups is 2. The molecule has 1 aliphatic carbocycles. The summed E-state index contributed by atoms with van der Waals surface area (Å²) in [6.45, 7) is 0.000182. The summed E-state index contributed by atoms with van der Waals surface area (Å²) in [7, 11) is 1.52. The third-order valence-electron chi connectivity index (χ3n) is 8.09. The predicted molar refractivity (Wildman–Crippen MR) is 155 cm³/mol. The molecule has 7 nitrogen and oxygen atoms in total. The van der Waals surface area contributed by atoms with Crippen LogP contribution in [0.3, 0.4) is 0 Å². The number of rotatable bonds is 8. The van der Waals surface area contributed by atoms with Gasteiger partial charge in [0.05, 0.1) is 19.8 Å². The number of hydrogen-bond acceptors (Lipinski definition) is 7. The minimum absolute atomic E-state index is 0.0938. The normalized spacial score (nSPS) is 17.1. The Hall–Kier alpha value is -4.20. The molecule has 0 bridgehead atoms. The fourth-order valence-corrected chi connectivity index (χ4v) is 6.13. The van der Waals surface area contributed by atoms with Crippen molar-refractivity contribution in [2.45, 2.75) is 44.3 Å². The number of hydrogen-bond donors (Lipinski definition) is 4. The van der Waals surface area contributed by atoms with Crippen LogP contribution in [-0.4, -0.2) is 46.9 Å². The SMILES string of the molecule is COc1cc(C2Oc3cc(OCCO)c4c(c3CC2O)CCc2cc(O)ccc2-4)cc(CCc2ccccc2)c1O. The van der Waals surface area contributed by atoms with E-state index < -0.39 is 12.2 Å². The third kappa shape index (κ3) is 5.19. The first kappa shape index (κ1) is 27.0. The summed E-state index contributed by atoms with van der Waals surface area (Å²) in [4.78, 5) is 0. The molecule has 0 fully saturated rings. The molecule has 0 amide bonds. The molecule has 2 atom stereocenters. The van der Waals surface area contributed by atoms with Crippen molar-refractivity contribution in [3.63, 3.8) is 0 Å². The second kappa shape index (κ2) is 11.4. The van der Waals surface area contributed by atoms with Crippen LogP contribution >= 0.6 is 0 Å². The fraction of sp³-hybridized carbons (Fsp3) is 0.294. The van der Waals surface area contributed by atoms with Crippen LogP contribution in [0.5, 0.6) is 28.7 Å². The fourth-order valence-electron chi connectivity index (χ4n) is 6.13. The Labute approximate surface area is 239 Å². The number of benzene rings is 4. The molecule has 4 N–H and O–H groups in total. The number of aromatic hydroxyl groups is 2. The smallest absolute Gasteiger partial charge is 0.161 e. The number of aliphatic hydroxyl groups excluding tert-OH is 2. The van der Waals surface area contributed by atoms with E-state index in [0.29, 0.717) is 36.5 Å². The van der Waals surface area contributed by atoms with Crippen molar-refractivity contribution in [2.75, 3.05) is 20.3 Å². The van der Waals surface area contributed by atoms with Gasteiger partial charge in [0.25, 0.3) is 0 Å². The maximum absolute atomic E-state index is 11.4. The van der Waals surface area contributed by atoms with E-state index in [9.17, 15) is 20.4 Å². The summed E-state index contributed by atoms with van der Waals surface area (Å²) >= 11 is 0. The number of phenols is 2. The van der Waals surface area contributed by atoms with Gasteiger partial charge in [-0.3, -0.25) is 0 Å². The highest BCUT2D eigenvalue weighted by molar-refractivity contribution is 5.82. The van der Waals surface area contributed by atoms with Gasteiger partial charge < -0.3 is 34.6 Å². The quantitative estimate of drug-likeness (QED) is 0.241. The lowest BCUT2D eigenvalue weighted by Gasteiger charge is -2.35. The van der Waals surface area contributed by atoms with Gasteiger partial charge in [-0.1, -0.05) is 36.4 Å². The molecule has 2 unspecified atom stereocenters. The number of aryl methyl sites for hydroxylation is 3. The highest BCUT2D eigenvalue weighted by atomic mass is 16.5. The van der Waals surface area contributed by atoms with Crippen LogP contribution in [0.4, 0.5) is 0 Å². The number of phenolic OH excluding ortho intramolecular Hbond substituents is 2. The van der Waals surface area contributed by atoms with Crippen LogP contribution < -0.4 is 14.2 Å².